The van der Waals surface area contributed by atoms with Gasteiger partial charge in [-0.15, -0.1) is 10.2 Å². The number of hydrogen-bond acceptors (Lipinski definition) is 6. The Morgan fingerprint density at radius 1 is 1.43 bits per heavy atom. The molecular formula is C14H24N4O2S. The van der Waals surface area contributed by atoms with Gasteiger partial charge in [0.25, 0.3) is 0 Å². The molecule has 2 N–H and O–H groups in total. The molecule has 1 amide bonds. The molecule has 118 valence electrons. The Balaban J connectivity index is 2.02. The van der Waals surface area contributed by atoms with E-state index in [2.05, 4.69) is 34.7 Å². The van der Waals surface area contributed by atoms with Crippen LogP contribution in [-0.2, 0) is 16.0 Å². The average molecular weight is 312 g/mol. The van der Waals surface area contributed by atoms with E-state index < -0.39 is 5.41 Å². The molecule has 7 heteroatoms. The number of piperidine rings is 1. The second kappa shape index (κ2) is 7.29. The number of ether oxygens (including phenoxy) is 1. The van der Waals surface area contributed by atoms with Gasteiger partial charge < -0.3 is 10.1 Å². The number of rotatable bonds is 6. The minimum atomic E-state index is -0.454. The maximum Gasteiger partial charge on any atom is 0.234 e. The van der Waals surface area contributed by atoms with Crippen LogP contribution >= 0.6 is 11.3 Å². The van der Waals surface area contributed by atoms with Gasteiger partial charge >= 0.3 is 0 Å². The van der Waals surface area contributed by atoms with Gasteiger partial charge in [-0.05, 0) is 31.8 Å². The SMILES string of the molecule is COCC1(C(=O)Nc2nnc(CC(C)C)s2)CCNCC1. The summed E-state index contributed by atoms with van der Waals surface area (Å²) < 4.78 is 5.28. The molecule has 0 radical (unpaired) electrons. The Labute approximate surface area is 129 Å². The summed E-state index contributed by atoms with van der Waals surface area (Å²) in [6.45, 7) is 6.40. The first-order valence-electron chi connectivity index (χ1n) is 7.39. The Morgan fingerprint density at radius 3 is 2.76 bits per heavy atom. The van der Waals surface area contributed by atoms with Gasteiger partial charge in [0.05, 0.1) is 12.0 Å². The Hall–Kier alpha value is -1.05. The number of amides is 1. The molecule has 1 saturated heterocycles. The number of aromatic nitrogens is 2. The maximum atomic E-state index is 12.6. The van der Waals surface area contributed by atoms with E-state index in [1.54, 1.807) is 7.11 Å². The van der Waals surface area contributed by atoms with Crippen LogP contribution in [-0.4, -0.2) is 42.9 Å². The van der Waals surface area contributed by atoms with Gasteiger partial charge in [-0.25, -0.2) is 0 Å². The minimum Gasteiger partial charge on any atom is -0.384 e. The lowest BCUT2D eigenvalue weighted by atomic mass is 9.79. The van der Waals surface area contributed by atoms with Crippen LogP contribution in [0.2, 0.25) is 0 Å². The van der Waals surface area contributed by atoms with Crippen molar-refractivity contribution in [3.05, 3.63) is 5.01 Å². The number of methoxy groups -OCH3 is 1. The number of hydrogen-bond donors (Lipinski definition) is 2. The number of nitrogens with zero attached hydrogens (tertiary/aromatic N) is 2. The molecule has 1 aromatic rings. The van der Waals surface area contributed by atoms with Crippen molar-refractivity contribution in [3.8, 4) is 0 Å². The Bertz CT molecular complexity index is 464. The van der Waals surface area contributed by atoms with Crippen molar-refractivity contribution in [1.82, 2.24) is 15.5 Å². The van der Waals surface area contributed by atoms with Crippen molar-refractivity contribution in [1.29, 1.82) is 0 Å². The van der Waals surface area contributed by atoms with Crippen molar-refractivity contribution in [2.45, 2.75) is 33.1 Å². The van der Waals surface area contributed by atoms with Crippen LogP contribution in [0.1, 0.15) is 31.7 Å². The molecule has 1 aromatic heterocycles. The van der Waals surface area contributed by atoms with Crippen LogP contribution < -0.4 is 10.6 Å². The second-order valence-corrected chi connectivity index (χ2v) is 7.08. The third-order valence-corrected chi connectivity index (χ3v) is 4.59. The fourth-order valence-electron chi connectivity index (χ4n) is 2.58. The van der Waals surface area contributed by atoms with Crippen LogP contribution in [0.15, 0.2) is 0 Å². The molecule has 0 aliphatic carbocycles. The van der Waals surface area contributed by atoms with Crippen molar-refractivity contribution < 1.29 is 9.53 Å². The number of carbonyl (C=O) groups is 1. The highest BCUT2D eigenvalue weighted by molar-refractivity contribution is 7.15. The summed E-state index contributed by atoms with van der Waals surface area (Å²) in [4.78, 5) is 12.6. The van der Waals surface area contributed by atoms with Crippen molar-refractivity contribution in [2.75, 3.05) is 32.1 Å². The van der Waals surface area contributed by atoms with E-state index in [0.29, 0.717) is 17.7 Å². The highest BCUT2D eigenvalue weighted by atomic mass is 32.1. The topological polar surface area (TPSA) is 76.1 Å². The summed E-state index contributed by atoms with van der Waals surface area (Å²) in [7, 11) is 1.64. The highest BCUT2D eigenvalue weighted by Gasteiger charge is 2.40. The molecule has 1 aliphatic rings. The van der Waals surface area contributed by atoms with Gasteiger partial charge in [0, 0.05) is 13.5 Å². The first-order chi connectivity index (χ1) is 10.1. The lowest BCUT2D eigenvalue weighted by Crippen LogP contribution is -2.47. The van der Waals surface area contributed by atoms with E-state index in [0.717, 1.165) is 37.4 Å². The lowest BCUT2D eigenvalue weighted by molar-refractivity contribution is -0.130. The van der Waals surface area contributed by atoms with E-state index in [-0.39, 0.29) is 5.91 Å². The zero-order valence-corrected chi connectivity index (χ0v) is 13.8. The van der Waals surface area contributed by atoms with E-state index in [4.69, 9.17) is 4.74 Å². The molecule has 0 spiro atoms. The molecule has 0 atom stereocenters. The van der Waals surface area contributed by atoms with Gasteiger partial charge in [-0.2, -0.15) is 0 Å². The van der Waals surface area contributed by atoms with E-state index in [9.17, 15) is 4.79 Å². The first-order valence-corrected chi connectivity index (χ1v) is 8.21. The molecule has 21 heavy (non-hydrogen) atoms. The van der Waals surface area contributed by atoms with E-state index >= 15 is 0 Å². The fraction of sp³-hybridized carbons (Fsp3) is 0.786. The summed E-state index contributed by atoms with van der Waals surface area (Å²) in [6.07, 6.45) is 2.45. The monoisotopic (exact) mass is 312 g/mol. The smallest absolute Gasteiger partial charge is 0.234 e. The van der Waals surface area contributed by atoms with Crippen LogP contribution in [0.25, 0.3) is 0 Å². The average Bonchev–Trinajstić information content (AvgIpc) is 2.86. The zero-order chi connectivity index (χ0) is 15.3. The molecule has 1 aliphatic heterocycles. The van der Waals surface area contributed by atoms with Gasteiger partial charge in [-0.3, -0.25) is 10.1 Å². The number of nitrogens with one attached hydrogen (secondary N) is 2. The van der Waals surface area contributed by atoms with Crippen LogP contribution in [0, 0.1) is 11.3 Å². The zero-order valence-electron chi connectivity index (χ0n) is 12.9. The van der Waals surface area contributed by atoms with Gasteiger partial charge in [0.15, 0.2) is 0 Å². The fourth-order valence-corrected chi connectivity index (χ4v) is 3.53. The number of anilines is 1. The third-order valence-electron chi connectivity index (χ3n) is 3.73. The first kappa shape index (κ1) is 16.3. The standard InChI is InChI=1S/C14H24N4O2S/c1-10(2)8-11-17-18-13(21-11)16-12(19)14(9-20-3)4-6-15-7-5-14/h10,15H,4-9H2,1-3H3,(H,16,18,19). The molecule has 6 nitrogen and oxygen atoms in total. The summed E-state index contributed by atoms with van der Waals surface area (Å²) in [5.41, 5.74) is -0.454. The van der Waals surface area contributed by atoms with Gasteiger partial charge in [0.1, 0.15) is 5.01 Å². The van der Waals surface area contributed by atoms with Crippen LogP contribution in [0.5, 0.6) is 0 Å². The third kappa shape index (κ3) is 4.21. The normalized spacial score (nSPS) is 17.9. The summed E-state index contributed by atoms with van der Waals surface area (Å²) in [5, 5.41) is 16.0. The predicted octanol–water partition coefficient (Wildman–Crippen LogP) is 1.69. The molecule has 0 aromatic carbocycles. The summed E-state index contributed by atoms with van der Waals surface area (Å²) in [5.74, 6) is 0.531. The minimum absolute atomic E-state index is 0.00176. The summed E-state index contributed by atoms with van der Waals surface area (Å²) in [6, 6.07) is 0. The molecule has 1 fully saturated rings. The quantitative estimate of drug-likeness (QED) is 0.836. The highest BCUT2D eigenvalue weighted by Crippen LogP contribution is 2.31. The van der Waals surface area contributed by atoms with Gasteiger partial charge in [0.2, 0.25) is 11.0 Å². The van der Waals surface area contributed by atoms with E-state index in [1.165, 1.54) is 11.3 Å². The maximum absolute atomic E-state index is 12.6. The summed E-state index contributed by atoms with van der Waals surface area (Å²) >= 11 is 1.46. The molecule has 0 bridgehead atoms. The number of carbonyl (C=O) groups excluding carboxylic acids is 1. The van der Waals surface area contributed by atoms with Crippen molar-refractivity contribution in [3.63, 3.8) is 0 Å². The molecular weight excluding hydrogens is 288 g/mol. The molecule has 2 rings (SSSR count). The van der Waals surface area contributed by atoms with Gasteiger partial charge in [-0.1, -0.05) is 25.2 Å². The van der Waals surface area contributed by atoms with E-state index in [1.807, 2.05) is 0 Å². The van der Waals surface area contributed by atoms with Crippen molar-refractivity contribution in [2.24, 2.45) is 11.3 Å². The van der Waals surface area contributed by atoms with Crippen LogP contribution in [0.4, 0.5) is 5.13 Å². The van der Waals surface area contributed by atoms with Crippen molar-refractivity contribution >= 4 is 22.4 Å². The largest absolute Gasteiger partial charge is 0.384 e. The Kier molecular flexibility index (Phi) is 5.66. The molecule has 0 saturated carbocycles. The molecule has 0 unspecified atom stereocenters. The predicted molar refractivity (Wildman–Crippen MR) is 83.5 cm³/mol. The molecule has 2 heterocycles. The lowest BCUT2D eigenvalue weighted by Gasteiger charge is -2.35. The second-order valence-electron chi connectivity index (χ2n) is 6.02. The van der Waals surface area contributed by atoms with Crippen LogP contribution in [0.3, 0.4) is 0 Å². The Morgan fingerprint density at radius 2 is 2.14 bits per heavy atom.